The van der Waals surface area contributed by atoms with E-state index in [1.807, 2.05) is 48.5 Å². The molecule has 4 aliphatic carbocycles. The molecule has 1 heterocycles. The first-order chi connectivity index (χ1) is 28.3. The lowest BCUT2D eigenvalue weighted by atomic mass is 9.49. The summed E-state index contributed by atoms with van der Waals surface area (Å²) in [7, 11) is -0.885. The minimum absolute atomic E-state index is 0.0211. The van der Waals surface area contributed by atoms with E-state index in [-0.39, 0.29) is 48.0 Å². The Morgan fingerprint density at radius 2 is 1.41 bits per heavy atom. The van der Waals surface area contributed by atoms with E-state index in [4.69, 9.17) is 13.7 Å². The standard InChI is InChI=1S/C44H55F2N5O7S/c1-56-36-9-5-29(6-10-36)24-47-41(52)49-34-20-43(21-34)18-32(19-43)27-58-59(54,55)28-51(42(53)48-25-30-7-11-37(57-2)12-8-30)35-22-44(23-35)16-31(17-44)26-50-13-3-4-38-39(46)14-33(45)15-40(38)50/h5-12,14-15,31-32,34-35H,3-4,13,16-28H2,1-2H3,(H,48,53)(H2,47,49,52). The Hall–Kier alpha value is -4.63. The number of urea groups is 2. The van der Waals surface area contributed by atoms with Crippen molar-refractivity contribution in [1.29, 1.82) is 0 Å². The maximum atomic E-state index is 14.5. The topological polar surface area (TPSA) is 139 Å². The van der Waals surface area contributed by atoms with E-state index in [9.17, 15) is 26.8 Å². The smallest absolute Gasteiger partial charge is 0.318 e. The molecule has 0 atom stereocenters. The monoisotopic (exact) mass is 835 g/mol. The molecule has 3 aromatic carbocycles. The minimum atomic E-state index is -4.08. The van der Waals surface area contributed by atoms with Crippen LogP contribution in [0.1, 0.15) is 74.5 Å². The van der Waals surface area contributed by atoms with Gasteiger partial charge in [0.05, 0.1) is 20.8 Å². The van der Waals surface area contributed by atoms with Crippen LogP contribution in [0, 0.1) is 34.3 Å². The third-order valence-corrected chi connectivity index (χ3v) is 14.5. The van der Waals surface area contributed by atoms with Crippen LogP contribution in [0.5, 0.6) is 11.5 Å². The summed E-state index contributed by atoms with van der Waals surface area (Å²) in [6.07, 6.45) is 8.01. The second kappa shape index (κ2) is 16.8. The molecule has 3 aromatic rings. The molecule has 0 saturated heterocycles. The van der Waals surface area contributed by atoms with E-state index in [1.54, 1.807) is 14.2 Å². The number of anilines is 1. The summed E-state index contributed by atoms with van der Waals surface area (Å²) in [5, 5.41) is 8.87. The molecule has 1 aliphatic heterocycles. The maximum Gasteiger partial charge on any atom is 0.318 e. The number of hydrogen-bond acceptors (Lipinski definition) is 8. The van der Waals surface area contributed by atoms with Gasteiger partial charge in [-0.05, 0) is 128 Å². The second-order valence-electron chi connectivity index (χ2n) is 17.8. The van der Waals surface area contributed by atoms with E-state index in [0.717, 1.165) is 81.0 Å². The fraction of sp³-hybridized carbons (Fsp3) is 0.545. The van der Waals surface area contributed by atoms with Crippen LogP contribution in [0.25, 0.3) is 0 Å². The number of fused-ring (bicyclic) bond motifs is 1. The number of nitrogens with zero attached hydrogens (tertiary/aromatic N) is 2. The lowest BCUT2D eigenvalue weighted by molar-refractivity contribution is -0.0723. The number of amides is 4. The summed E-state index contributed by atoms with van der Waals surface area (Å²) in [4.78, 5) is 29.7. The number of carbonyl (C=O) groups excluding carboxylic acids is 2. The summed E-state index contributed by atoms with van der Waals surface area (Å²) in [6.45, 7) is 2.18. The highest BCUT2D eigenvalue weighted by Gasteiger charge is 2.56. The Morgan fingerprint density at radius 1 is 0.814 bits per heavy atom. The van der Waals surface area contributed by atoms with Crippen LogP contribution in [0.2, 0.25) is 0 Å². The highest BCUT2D eigenvalue weighted by Crippen LogP contribution is 2.61. The van der Waals surface area contributed by atoms with Gasteiger partial charge < -0.3 is 35.2 Å². The number of hydrogen-bond donors (Lipinski definition) is 3. The molecule has 4 saturated carbocycles. The molecular formula is C44H55F2N5O7S. The van der Waals surface area contributed by atoms with Crippen molar-refractivity contribution in [3.05, 3.63) is 89.0 Å². The Labute approximate surface area is 345 Å². The molecule has 12 nitrogen and oxygen atoms in total. The Morgan fingerprint density at radius 3 is 2.03 bits per heavy atom. The second-order valence-corrected chi connectivity index (χ2v) is 19.4. The molecule has 0 aromatic heterocycles. The van der Waals surface area contributed by atoms with Crippen LogP contribution in [0.3, 0.4) is 0 Å². The molecule has 4 fully saturated rings. The molecule has 15 heteroatoms. The molecular weight excluding hydrogens is 781 g/mol. The van der Waals surface area contributed by atoms with Crippen LogP contribution < -0.4 is 30.3 Å². The van der Waals surface area contributed by atoms with Gasteiger partial charge in [-0.2, -0.15) is 8.42 Å². The molecule has 2 spiro atoms. The van der Waals surface area contributed by atoms with Crippen molar-refractivity contribution in [2.45, 2.75) is 89.4 Å². The zero-order valence-electron chi connectivity index (χ0n) is 33.8. The van der Waals surface area contributed by atoms with Crippen LogP contribution in [0.4, 0.5) is 24.1 Å². The summed E-state index contributed by atoms with van der Waals surface area (Å²) < 4.78 is 71.6. The van der Waals surface area contributed by atoms with Crippen molar-refractivity contribution in [1.82, 2.24) is 20.9 Å². The van der Waals surface area contributed by atoms with E-state index in [2.05, 4.69) is 20.9 Å². The van der Waals surface area contributed by atoms with Gasteiger partial charge in [-0.3, -0.25) is 4.18 Å². The number of methoxy groups -OCH3 is 2. The lowest BCUT2D eigenvalue weighted by Gasteiger charge is -2.60. The molecule has 5 aliphatic rings. The first-order valence-electron chi connectivity index (χ1n) is 20.8. The van der Waals surface area contributed by atoms with Crippen molar-refractivity contribution in [3.8, 4) is 11.5 Å². The summed E-state index contributed by atoms with van der Waals surface area (Å²) >= 11 is 0. The van der Waals surface area contributed by atoms with Crippen molar-refractivity contribution in [2.24, 2.45) is 22.7 Å². The van der Waals surface area contributed by atoms with Crippen molar-refractivity contribution in [2.75, 3.05) is 44.7 Å². The first-order valence-corrected chi connectivity index (χ1v) is 22.3. The third-order valence-electron chi connectivity index (χ3n) is 13.4. The zero-order chi connectivity index (χ0) is 41.4. The summed E-state index contributed by atoms with van der Waals surface area (Å²) in [5.41, 5.74) is 3.18. The average Bonchev–Trinajstić information content (AvgIpc) is 3.16. The Kier molecular flexibility index (Phi) is 11.7. The quantitative estimate of drug-likeness (QED) is 0.141. The fourth-order valence-corrected chi connectivity index (χ4v) is 11.7. The lowest BCUT2D eigenvalue weighted by Crippen LogP contribution is -2.61. The average molecular weight is 836 g/mol. The minimum Gasteiger partial charge on any atom is -0.497 e. The maximum absolute atomic E-state index is 14.5. The van der Waals surface area contributed by atoms with Crippen molar-refractivity contribution < 1.29 is 40.4 Å². The molecule has 0 unspecified atom stereocenters. The van der Waals surface area contributed by atoms with E-state index in [0.29, 0.717) is 48.7 Å². The molecule has 8 rings (SSSR count). The van der Waals surface area contributed by atoms with Gasteiger partial charge in [-0.1, -0.05) is 24.3 Å². The van der Waals surface area contributed by atoms with E-state index in [1.165, 1.54) is 11.0 Å². The van der Waals surface area contributed by atoms with E-state index >= 15 is 0 Å². The largest absolute Gasteiger partial charge is 0.497 e. The first kappa shape index (κ1) is 41.1. The Bertz CT molecular complexity index is 2090. The molecule has 3 N–H and O–H groups in total. The number of carbonyl (C=O) groups is 2. The van der Waals surface area contributed by atoms with Gasteiger partial charge in [0.1, 0.15) is 23.1 Å². The number of nitrogens with one attached hydrogen (secondary N) is 3. The predicted octanol–water partition coefficient (Wildman–Crippen LogP) is 6.87. The van der Waals surface area contributed by atoms with Crippen LogP contribution in [-0.2, 0) is 33.8 Å². The SMILES string of the molecule is COc1ccc(CNC(=O)NC2CC3(CC(COS(=O)(=O)CN(C(=O)NCc4ccc(OC)cc4)C4CC5(CC(CN6CCCc7c(F)cc(F)cc76)C5)C4)C3)C2)cc1. The number of ether oxygens (including phenoxy) is 2. The number of benzene rings is 3. The van der Waals surface area contributed by atoms with Gasteiger partial charge in [0.25, 0.3) is 10.1 Å². The molecule has 59 heavy (non-hydrogen) atoms. The van der Waals surface area contributed by atoms with Gasteiger partial charge in [0.15, 0.2) is 5.88 Å². The van der Waals surface area contributed by atoms with Crippen LogP contribution >= 0.6 is 0 Å². The van der Waals surface area contributed by atoms with Gasteiger partial charge in [0.2, 0.25) is 0 Å². The van der Waals surface area contributed by atoms with Crippen molar-refractivity contribution in [3.63, 3.8) is 0 Å². The van der Waals surface area contributed by atoms with Crippen LogP contribution in [0.15, 0.2) is 60.7 Å². The highest BCUT2D eigenvalue weighted by atomic mass is 32.2. The van der Waals surface area contributed by atoms with E-state index < -0.39 is 33.7 Å². The van der Waals surface area contributed by atoms with Gasteiger partial charge in [-0.15, -0.1) is 0 Å². The molecule has 4 amide bonds. The number of halogens is 2. The van der Waals surface area contributed by atoms with Gasteiger partial charge in [0, 0.05) is 55.6 Å². The summed E-state index contributed by atoms with van der Waals surface area (Å²) in [6, 6.07) is 16.4. The molecule has 318 valence electrons. The normalized spacial score (nSPS) is 26.7. The zero-order valence-corrected chi connectivity index (χ0v) is 34.6. The highest BCUT2D eigenvalue weighted by molar-refractivity contribution is 7.86. The summed E-state index contributed by atoms with van der Waals surface area (Å²) in [5.74, 6) is 0.311. The predicted molar refractivity (Wildman–Crippen MR) is 218 cm³/mol. The van der Waals surface area contributed by atoms with Crippen LogP contribution in [-0.4, -0.2) is 77.3 Å². The Balaban J connectivity index is 0.804. The third kappa shape index (κ3) is 9.41. The van der Waals surface area contributed by atoms with Gasteiger partial charge >= 0.3 is 12.1 Å². The molecule has 0 bridgehead atoms. The van der Waals surface area contributed by atoms with Crippen molar-refractivity contribution >= 4 is 27.9 Å². The molecule has 0 radical (unpaired) electrons. The number of rotatable bonds is 15. The fourth-order valence-electron chi connectivity index (χ4n) is 10.6. The van der Waals surface area contributed by atoms with Gasteiger partial charge in [-0.25, -0.2) is 18.4 Å².